The number of carbonyl (C=O) groups is 1. The van der Waals surface area contributed by atoms with Gasteiger partial charge >= 0.3 is 0 Å². The van der Waals surface area contributed by atoms with E-state index in [0.717, 1.165) is 5.56 Å². The van der Waals surface area contributed by atoms with Crippen molar-refractivity contribution in [2.45, 2.75) is 23.9 Å². The Labute approximate surface area is 140 Å². The van der Waals surface area contributed by atoms with Crippen LogP contribution in [0.25, 0.3) is 0 Å². The van der Waals surface area contributed by atoms with E-state index in [2.05, 4.69) is 5.32 Å². The lowest BCUT2D eigenvalue weighted by molar-refractivity contribution is -0.127. The summed E-state index contributed by atoms with van der Waals surface area (Å²) >= 11 is 0. The molecule has 0 saturated carbocycles. The van der Waals surface area contributed by atoms with E-state index in [-0.39, 0.29) is 23.2 Å². The Bertz CT molecular complexity index is 823. The minimum atomic E-state index is -3.66. The van der Waals surface area contributed by atoms with Gasteiger partial charge in [-0.25, -0.2) is 12.8 Å². The molecule has 0 bridgehead atoms. The van der Waals surface area contributed by atoms with Crippen LogP contribution in [0.3, 0.4) is 0 Å². The van der Waals surface area contributed by atoms with E-state index in [1.165, 1.54) is 28.6 Å². The van der Waals surface area contributed by atoms with Crippen molar-refractivity contribution in [1.29, 1.82) is 0 Å². The Hall–Kier alpha value is -2.25. The van der Waals surface area contributed by atoms with Crippen molar-refractivity contribution in [3.05, 3.63) is 66.0 Å². The number of hydrogen-bond acceptors (Lipinski definition) is 3. The van der Waals surface area contributed by atoms with Crippen LogP contribution in [0.4, 0.5) is 4.39 Å². The molecular weight excluding hydrogens is 331 g/mol. The van der Waals surface area contributed by atoms with Crippen LogP contribution in [0.5, 0.6) is 0 Å². The molecule has 1 heterocycles. The van der Waals surface area contributed by atoms with E-state index >= 15 is 0 Å². The molecule has 1 atom stereocenters. The molecule has 0 aromatic heterocycles. The lowest BCUT2D eigenvalue weighted by Gasteiger charge is -2.38. The highest BCUT2D eigenvalue weighted by Crippen LogP contribution is 2.27. The third-order valence-electron chi connectivity index (χ3n) is 4.00. The molecule has 0 aliphatic carbocycles. The number of amides is 1. The molecule has 24 heavy (non-hydrogen) atoms. The number of nitrogens with one attached hydrogen (secondary N) is 1. The van der Waals surface area contributed by atoms with Crippen molar-refractivity contribution in [1.82, 2.24) is 9.62 Å². The van der Waals surface area contributed by atoms with Crippen molar-refractivity contribution >= 4 is 15.9 Å². The van der Waals surface area contributed by atoms with Crippen molar-refractivity contribution in [3.8, 4) is 0 Å². The standard InChI is InChI=1S/C17H17FN2O3S/c18-14-8-6-13(7-9-14)12-19-17(21)16-10-11-20(16)24(22,23)15-4-2-1-3-5-15/h1-9,16H,10-12H2,(H,19,21). The monoisotopic (exact) mass is 348 g/mol. The molecule has 1 amide bonds. The molecule has 0 radical (unpaired) electrons. The average molecular weight is 348 g/mol. The van der Waals surface area contributed by atoms with E-state index in [1.54, 1.807) is 30.3 Å². The molecule has 126 valence electrons. The van der Waals surface area contributed by atoms with Crippen LogP contribution >= 0.6 is 0 Å². The second-order valence-corrected chi connectivity index (χ2v) is 7.47. The second-order valence-electron chi connectivity index (χ2n) is 5.58. The Morgan fingerprint density at radius 1 is 1.12 bits per heavy atom. The average Bonchev–Trinajstić information content (AvgIpc) is 2.54. The van der Waals surface area contributed by atoms with Crippen LogP contribution in [0.2, 0.25) is 0 Å². The van der Waals surface area contributed by atoms with Gasteiger partial charge in [-0.05, 0) is 36.2 Å². The van der Waals surface area contributed by atoms with Crippen LogP contribution in [0.1, 0.15) is 12.0 Å². The van der Waals surface area contributed by atoms with Gasteiger partial charge in [0.05, 0.1) is 4.90 Å². The third-order valence-corrected chi connectivity index (χ3v) is 5.93. The topological polar surface area (TPSA) is 66.5 Å². The summed E-state index contributed by atoms with van der Waals surface area (Å²) in [6.07, 6.45) is 0.487. The first-order chi connectivity index (χ1) is 11.5. The zero-order valence-corrected chi connectivity index (χ0v) is 13.7. The maximum absolute atomic E-state index is 12.9. The summed E-state index contributed by atoms with van der Waals surface area (Å²) < 4.78 is 39.2. The first kappa shape index (κ1) is 16.6. The summed E-state index contributed by atoms with van der Waals surface area (Å²) in [6.45, 7) is 0.556. The molecule has 1 fully saturated rings. The van der Waals surface area contributed by atoms with Crippen molar-refractivity contribution in [2.24, 2.45) is 0 Å². The fourth-order valence-electron chi connectivity index (χ4n) is 2.55. The first-order valence-electron chi connectivity index (χ1n) is 7.57. The molecule has 1 aliphatic rings. The van der Waals surface area contributed by atoms with Gasteiger partial charge < -0.3 is 5.32 Å². The van der Waals surface area contributed by atoms with Crippen LogP contribution in [0, 0.1) is 5.82 Å². The largest absolute Gasteiger partial charge is 0.351 e. The van der Waals surface area contributed by atoms with Crippen molar-refractivity contribution < 1.29 is 17.6 Å². The van der Waals surface area contributed by atoms with Crippen LogP contribution < -0.4 is 5.32 Å². The zero-order valence-electron chi connectivity index (χ0n) is 12.9. The van der Waals surface area contributed by atoms with Crippen LogP contribution in [0.15, 0.2) is 59.5 Å². The fourth-order valence-corrected chi connectivity index (χ4v) is 4.20. The Kier molecular flexibility index (Phi) is 4.64. The highest BCUT2D eigenvalue weighted by Gasteiger charge is 2.42. The lowest BCUT2D eigenvalue weighted by Crippen LogP contribution is -2.57. The molecule has 1 aliphatic heterocycles. The molecule has 1 N–H and O–H groups in total. The summed E-state index contributed by atoms with van der Waals surface area (Å²) in [4.78, 5) is 12.4. The molecule has 7 heteroatoms. The minimum Gasteiger partial charge on any atom is -0.351 e. The second kappa shape index (κ2) is 6.70. The highest BCUT2D eigenvalue weighted by molar-refractivity contribution is 7.89. The number of rotatable bonds is 5. The van der Waals surface area contributed by atoms with Gasteiger partial charge in [-0.1, -0.05) is 30.3 Å². The van der Waals surface area contributed by atoms with E-state index in [4.69, 9.17) is 0 Å². The quantitative estimate of drug-likeness (QED) is 0.897. The molecule has 1 unspecified atom stereocenters. The molecule has 1 saturated heterocycles. The maximum Gasteiger partial charge on any atom is 0.243 e. The van der Waals surface area contributed by atoms with E-state index in [1.807, 2.05) is 0 Å². The molecular formula is C17H17FN2O3S. The fraction of sp³-hybridized carbons (Fsp3) is 0.235. The smallest absolute Gasteiger partial charge is 0.243 e. The van der Waals surface area contributed by atoms with Crippen molar-refractivity contribution in [2.75, 3.05) is 6.54 Å². The van der Waals surface area contributed by atoms with Gasteiger partial charge in [-0.15, -0.1) is 0 Å². The number of carbonyl (C=O) groups excluding carboxylic acids is 1. The minimum absolute atomic E-state index is 0.182. The Morgan fingerprint density at radius 2 is 1.79 bits per heavy atom. The zero-order chi connectivity index (χ0) is 17.2. The van der Waals surface area contributed by atoms with Gasteiger partial charge in [0, 0.05) is 13.1 Å². The number of benzene rings is 2. The summed E-state index contributed by atoms with van der Waals surface area (Å²) in [5.74, 6) is -0.686. The van der Waals surface area contributed by atoms with E-state index < -0.39 is 16.1 Å². The van der Waals surface area contributed by atoms with Gasteiger partial charge in [0.15, 0.2) is 0 Å². The summed E-state index contributed by atoms with van der Waals surface area (Å²) in [7, 11) is -3.66. The van der Waals surface area contributed by atoms with Crippen molar-refractivity contribution in [3.63, 3.8) is 0 Å². The first-order valence-corrected chi connectivity index (χ1v) is 9.01. The maximum atomic E-state index is 12.9. The predicted octanol–water partition coefficient (Wildman–Crippen LogP) is 1.91. The summed E-state index contributed by atoms with van der Waals surface area (Å²) in [5, 5.41) is 2.71. The predicted molar refractivity (Wildman–Crippen MR) is 87.0 cm³/mol. The number of halogens is 1. The molecule has 0 spiro atoms. The third kappa shape index (κ3) is 3.32. The molecule has 2 aromatic carbocycles. The van der Waals surface area contributed by atoms with Gasteiger partial charge in [0.2, 0.25) is 15.9 Å². The Morgan fingerprint density at radius 3 is 2.38 bits per heavy atom. The normalized spacial score (nSPS) is 18.0. The van der Waals surface area contributed by atoms with E-state index in [9.17, 15) is 17.6 Å². The molecule has 5 nitrogen and oxygen atoms in total. The van der Waals surface area contributed by atoms with Gasteiger partial charge in [0.1, 0.15) is 11.9 Å². The molecule has 2 aromatic rings. The number of nitrogens with zero attached hydrogens (tertiary/aromatic N) is 1. The molecule has 3 rings (SSSR count). The van der Waals surface area contributed by atoms with Crippen LogP contribution in [-0.2, 0) is 21.4 Å². The van der Waals surface area contributed by atoms with E-state index in [0.29, 0.717) is 13.0 Å². The number of sulfonamides is 1. The lowest BCUT2D eigenvalue weighted by atomic mass is 10.1. The number of hydrogen-bond donors (Lipinski definition) is 1. The van der Waals surface area contributed by atoms with Crippen LogP contribution in [-0.4, -0.2) is 31.2 Å². The SMILES string of the molecule is O=C(NCc1ccc(F)cc1)C1CCN1S(=O)(=O)c1ccccc1. The summed E-state index contributed by atoms with van der Waals surface area (Å²) in [6, 6.07) is 13.2. The summed E-state index contributed by atoms with van der Waals surface area (Å²) in [5.41, 5.74) is 0.751. The van der Waals surface area contributed by atoms with Gasteiger partial charge in [0.25, 0.3) is 0 Å². The Balaban J connectivity index is 1.65. The van der Waals surface area contributed by atoms with Gasteiger partial charge in [-0.2, -0.15) is 4.31 Å². The van der Waals surface area contributed by atoms with Gasteiger partial charge in [-0.3, -0.25) is 4.79 Å². The highest BCUT2D eigenvalue weighted by atomic mass is 32.2.